The van der Waals surface area contributed by atoms with Gasteiger partial charge in [-0.25, -0.2) is 13.6 Å². The minimum atomic E-state index is -1.15. The van der Waals surface area contributed by atoms with Crippen LogP contribution in [0, 0.1) is 11.6 Å². The van der Waals surface area contributed by atoms with Crippen LogP contribution >= 0.6 is 0 Å². The van der Waals surface area contributed by atoms with Crippen molar-refractivity contribution in [2.75, 3.05) is 0 Å². The van der Waals surface area contributed by atoms with Crippen LogP contribution in [-0.4, -0.2) is 16.9 Å². The molecule has 2 N–H and O–H groups in total. The summed E-state index contributed by atoms with van der Waals surface area (Å²) >= 11 is 0. The molecule has 5 nitrogen and oxygen atoms in total. The predicted molar refractivity (Wildman–Crippen MR) is 75.0 cm³/mol. The Morgan fingerprint density at radius 1 is 1.09 bits per heavy atom. The molecule has 1 unspecified atom stereocenters. The maximum absolute atomic E-state index is 13.4. The Balaban J connectivity index is 2.02. The van der Waals surface area contributed by atoms with Gasteiger partial charge in [0.25, 0.3) is 5.91 Å². The lowest BCUT2D eigenvalue weighted by Gasteiger charge is -2.13. The smallest absolute Gasteiger partial charge is 0.322 e. The second-order valence-electron chi connectivity index (χ2n) is 4.50. The van der Waals surface area contributed by atoms with Gasteiger partial charge in [-0.3, -0.25) is 15.1 Å². The molecule has 2 rings (SSSR count). The lowest BCUT2D eigenvalue weighted by Crippen LogP contribution is -2.41. The number of nitrogens with zero attached hydrogens (tertiary/aromatic N) is 1. The average Bonchev–Trinajstić information content (AvgIpc) is 2.47. The average molecular weight is 305 g/mol. The Bertz CT molecular complexity index is 672. The molecule has 1 heterocycles. The fraction of sp³-hybridized carbons (Fsp3) is 0.133. The summed E-state index contributed by atoms with van der Waals surface area (Å²) in [5.41, 5.74) is -0.217. The molecule has 0 aliphatic rings. The Morgan fingerprint density at radius 3 is 2.36 bits per heavy atom. The van der Waals surface area contributed by atoms with E-state index in [-0.39, 0.29) is 0 Å². The van der Waals surface area contributed by atoms with E-state index in [4.69, 9.17) is 0 Å². The highest BCUT2D eigenvalue weighted by molar-refractivity contribution is 6.04. The molecular weight excluding hydrogens is 292 g/mol. The highest BCUT2D eigenvalue weighted by atomic mass is 19.1. The Kier molecular flexibility index (Phi) is 4.77. The number of hydrogen-bond donors (Lipinski definition) is 2. The highest BCUT2D eigenvalue weighted by Crippen LogP contribution is 2.12. The fourth-order valence-electron chi connectivity index (χ4n) is 1.82. The SMILES string of the molecule is CC(NC(=O)NC(=O)c1c(F)cccc1F)c1ccccn1. The van der Waals surface area contributed by atoms with Gasteiger partial charge in [-0.1, -0.05) is 12.1 Å². The van der Waals surface area contributed by atoms with Gasteiger partial charge in [0.05, 0.1) is 11.7 Å². The van der Waals surface area contributed by atoms with E-state index in [1.54, 1.807) is 31.3 Å². The Morgan fingerprint density at radius 2 is 1.77 bits per heavy atom. The quantitative estimate of drug-likeness (QED) is 0.915. The number of hydrogen-bond acceptors (Lipinski definition) is 3. The zero-order chi connectivity index (χ0) is 16.1. The van der Waals surface area contributed by atoms with Crippen LogP contribution in [0.4, 0.5) is 13.6 Å². The lowest BCUT2D eigenvalue weighted by molar-refractivity contribution is 0.0955. The van der Waals surface area contributed by atoms with Crippen LogP contribution in [-0.2, 0) is 0 Å². The molecule has 114 valence electrons. The van der Waals surface area contributed by atoms with E-state index >= 15 is 0 Å². The molecule has 1 aromatic heterocycles. The maximum atomic E-state index is 13.4. The van der Waals surface area contributed by atoms with Gasteiger partial charge >= 0.3 is 6.03 Å². The zero-order valence-corrected chi connectivity index (χ0v) is 11.6. The first-order chi connectivity index (χ1) is 10.5. The Labute approximate surface area is 125 Å². The van der Waals surface area contributed by atoms with E-state index in [9.17, 15) is 18.4 Å². The first-order valence-electron chi connectivity index (χ1n) is 6.46. The second kappa shape index (κ2) is 6.75. The van der Waals surface area contributed by atoms with Crippen molar-refractivity contribution in [2.45, 2.75) is 13.0 Å². The molecule has 0 bridgehead atoms. The summed E-state index contributed by atoms with van der Waals surface area (Å²) in [6.45, 7) is 1.66. The van der Waals surface area contributed by atoms with Gasteiger partial charge in [0.1, 0.15) is 17.2 Å². The van der Waals surface area contributed by atoms with Crippen LogP contribution in [0.2, 0.25) is 0 Å². The number of carbonyl (C=O) groups is 2. The van der Waals surface area contributed by atoms with Crippen LogP contribution in [0.15, 0.2) is 42.6 Å². The van der Waals surface area contributed by atoms with Crippen molar-refractivity contribution in [1.82, 2.24) is 15.6 Å². The number of carbonyl (C=O) groups excluding carboxylic acids is 2. The lowest BCUT2D eigenvalue weighted by atomic mass is 10.2. The standard InChI is InChI=1S/C15H13F2N3O2/c1-9(12-7-2-3-8-18-12)19-15(22)20-14(21)13-10(16)5-4-6-11(13)17/h2-9H,1H3,(H2,19,20,21,22). The summed E-state index contributed by atoms with van der Waals surface area (Å²) < 4.78 is 26.9. The van der Waals surface area contributed by atoms with E-state index in [0.717, 1.165) is 18.2 Å². The largest absolute Gasteiger partial charge is 0.330 e. The van der Waals surface area contributed by atoms with Gasteiger partial charge in [0, 0.05) is 6.20 Å². The molecule has 0 radical (unpaired) electrons. The summed E-state index contributed by atoms with van der Waals surface area (Å²) in [6.07, 6.45) is 1.56. The minimum absolute atomic E-state index is 0.473. The molecule has 0 saturated carbocycles. The minimum Gasteiger partial charge on any atom is -0.330 e. The summed E-state index contributed by atoms with van der Waals surface area (Å²) in [6, 6.07) is 6.83. The van der Waals surface area contributed by atoms with E-state index < -0.39 is 35.2 Å². The zero-order valence-electron chi connectivity index (χ0n) is 11.6. The summed E-state index contributed by atoms with van der Waals surface area (Å²) in [5.74, 6) is -3.23. The maximum Gasteiger partial charge on any atom is 0.322 e. The first kappa shape index (κ1) is 15.6. The van der Waals surface area contributed by atoms with Crippen LogP contribution in [0.3, 0.4) is 0 Å². The van der Waals surface area contributed by atoms with Crippen molar-refractivity contribution >= 4 is 11.9 Å². The Hall–Kier alpha value is -2.83. The molecule has 0 aliphatic heterocycles. The number of pyridine rings is 1. The number of rotatable bonds is 3. The fourth-order valence-corrected chi connectivity index (χ4v) is 1.82. The molecule has 7 heteroatoms. The third-order valence-electron chi connectivity index (χ3n) is 2.90. The van der Waals surface area contributed by atoms with Gasteiger partial charge in [-0.15, -0.1) is 0 Å². The van der Waals surface area contributed by atoms with Gasteiger partial charge in [0.15, 0.2) is 0 Å². The van der Waals surface area contributed by atoms with Crippen molar-refractivity contribution in [1.29, 1.82) is 0 Å². The summed E-state index contributed by atoms with van der Waals surface area (Å²) in [5, 5.41) is 4.34. The summed E-state index contributed by atoms with van der Waals surface area (Å²) in [7, 11) is 0. The first-order valence-corrected chi connectivity index (χ1v) is 6.46. The summed E-state index contributed by atoms with van der Waals surface area (Å²) in [4.78, 5) is 27.5. The normalized spacial score (nSPS) is 11.6. The molecule has 1 atom stereocenters. The molecule has 22 heavy (non-hydrogen) atoms. The number of urea groups is 1. The van der Waals surface area contributed by atoms with Crippen molar-refractivity contribution in [3.05, 3.63) is 65.5 Å². The van der Waals surface area contributed by atoms with E-state index in [2.05, 4.69) is 10.3 Å². The van der Waals surface area contributed by atoms with Crippen LogP contribution in [0.25, 0.3) is 0 Å². The number of nitrogens with one attached hydrogen (secondary N) is 2. The number of halogens is 2. The molecule has 2 aromatic rings. The number of amides is 3. The van der Waals surface area contributed by atoms with Crippen molar-refractivity contribution < 1.29 is 18.4 Å². The molecule has 0 saturated heterocycles. The van der Waals surface area contributed by atoms with Gasteiger partial charge in [-0.05, 0) is 31.2 Å². The number of benzene rings is 1. The van der Waals surface area contributed by atoms with Crippen molar-refractivity contribution in [3.63, 3.8) is 0 Å². The van der Waals surface area contributed by atoms with Gasteiger partial charge in [-0.2, -0.15) is 0 Å². The highest BCUT2D eigenvalue weighted by Gasteiger charge is 2.20. The molecule has 0 aliphatic carbocycles. The predicted octanol–water partition coefficient (Wildman–Crippen LogP) is 2.56. The van der Waals surface area contributed by atoms with Crippen LogP contribution in [0.1, 0.15) is 29.0 Å². The van der Waals surface area contributed by atoms with Crippen molar-refractivity contribution in [3.8, 4) is 0 Å². The molecule has 1 aromatic carbocycles. The monoisotopic (exact) mass is 305 g/mol. The van der Waals surface area contributed by atoms with Crippen molar-refractivity contribution in [2.24, 2.45) is 0 Å². The third-order valence-corrected chi connectivity index (χ3v) is 2.90. The van der Waals surface area contributed by atoms with Crippen LogP contribution < -0.4 is 10.6 Å². The molecular formula is C15H13F2N3O2. The van der Waals surface area contributed by atoms with Gasteiger partial charge < -0.3 is 5.32 Å². The molecule has 0 spiro atoms. The van der Waals surface area contributed by atoms with Crippen LogP contribution in [0.5, 0.6) is 0 Å². The molecule has 0 fully saturated rings. The second-order valence-corrected chi connectivity index (χ2v) is 4.50. The van der Waals surface area contributed by atoms with Gasteiger partial charge in [0.2, 0.25) is 0 Å². The van der Waals surface area contributed by atoms with E-state index in [1.165, 1.54) is 0 Å². The van der Waals surface area contributed by atoms with E-state index in [1.807, 2.05) is 5.32 Å². The number of aromatic nitrogens is 1. The molecule has 3 amide bonds. The van der Waals surface area contributed by atoms with E-state index in [0.29, 0.717) is 5.69 Å². The number of imide groups is 1. The topological polar surface area (TPSA) is 71.1 Å². The third kappa shape index (κ3) is 3.63.